The quantitative estimate of drug-likeness (QED) is 0.890. The first-order chi connectivity index (χ1) is 9.91. The first-order valence-electron chi connectivity index (χ1n) is 6.94. The van der Waals surface area contributed by atoms with E-state index >= 15 is 0 Å². The lowest BCUT2D eigenvalue weighted by atomic mass is 9.78. The number of amides is 1. The standard InChI is InChI=1S/C14H17FN2O3S/c15-11-1-3-12(4-2-11)21(19,20)17-7-5-14(6-8-17)9-13(18)16-10-14/h1-4H,5-10H2,(H,16,18). The molecule has 2 heterocycles. The summed E-state index contributed by atoms with van der Waals surface area (Å²) in [5, 5.41) is 2.82. The van der Waals surface area contributed by atoms with Gasteiger partial charge in [-0.1, -0.05) is 0 Å². The summed E-state index contributed by atoms with van der Waals surface area (Å²) in [4.78, 5) is 11.5. The molecule has 3 rings (SSSR count). The highest BCUT2D eigenvalue weighted by atomic mass is 32.2. The average molecular weight is 312 g/mol. The molecule has 0 unspecified atom stereocenters. The molecule has 0 aliphatic carbocycles. The van der Waals surface area contributed by atoms with Gasteiger partial charge in [-0.25, -0.2) is 12.8 Å². The van der Waals surface area contributed by atoms with E-state index in [0.717, 1.165) is 12.1 Å². The zero-order chi connectivity index (χ0) is 15.1. The van der Waals surface area contributed by atoms with Crippen molar-refractivity contribution in [2.45, 2.75) is 24.2 Å². The molecule has 0 radical (unpaired) electrons. The number of hydrogen-bond donors (Lipinski definition) is 1. The third kappa shape index (κ3) is 2.67. The number of halogens is 1. The summed E-state index contributed by atoms with van der Waals surface area (Å²) in [6.07, 6.45) is 1.83. The van der Waals surface area contributed by atoms with Gasteiger partial charge in [0.25, 0.3) is 0 Å². The maximum absolute atomic E-state index is 12.9. The lowest BCUT2D eigenvalue weighted by Gasteiger charge is -2.37. The number of nitrogens with zero attached hydrogens (tertiary/aromatic N) is 1. The molecule has 0 saturated carbocycles. The van der Waals surface area contributed by atoms with Crippen molar-refractivity contribution in [3.63, 3.8) is 0 Å². The van der Waals surface area contributed by atoms with E-state index in [1.165, 1.54) is 16.4 Å². The van der Waals surface area contributed by atoms with Crippen molar-refractivity contribution in [1.29, 1.82) is 0 Å². The maximum atomic E-state index is 12.9. The maximum Gasteiger partial charge on any atom is 0.243 e. The van der Waals surface area contributed by atoms with E-state index in [4.69, 9.17) is 0 Å². The number of rotatable bonds is 2. The zero-order valence-electron chi connectivity index (χ0n) is 11.5. The number of piperidine rings is 1. The van der Waals surface area contributed by atoms with Crippen LogP contribution >= 0.6 is 0 Å². The van der Waals surface area contributed by atoms with Crippen molar-refractivity contribution in [3.8, 4) is 0 Å². The number of carbonyl (C=O) groups excluding carboxylic acids is 1. The molecule has 114 valence electrons. The van der Waals surface area contributed by atoms with Crippen molar-refractivity contribution in [3.05, 3.63) is 30.1 Å². The van der Waals surface area contributed by atoms with Gasteiger partial charge in [-0.2, -0.15) is 4.31 Å². The van der Waals surface area contributed by atoms with Crippen LogP contribution in [0.25, 0.3) is 0 Å². The summed E-state index contributed by atoms with van der Waals surface area (Å²) in [5.41, 5.74) is -0.0914. The molecule has 0 atom stereocenters. The van der Waals surface area contributed by atoms with Crippen molar-refractivity contribution >= 4 is 15.9 Å². The Labute approximate surface area is 123 Å². The van der Waals surface area contributed by atoms with Crippen LogP contribution < -0.4 is 5.32 Å². The van der Waals surface area contributed by atoms with Gasteiger partial charge in [0.2, 0.25) is 15.9 Å². The van der Waals surface area contributed by atoms with Crippen molar-refractivity contribution < 1.29 is 17.6 Å². The van der Waals surface area contributed by atoms with Gasteiger partial charge < -0.3 is 5.32 Å². The number of nitrogens with one attached hydrogen (secondary N) is 1. The highest BCUT2D eigenvalue weighted by Crippen LogP contribution is 2.38. The normalized spacial score (nSPS) is 22.4. The van der Waals surface area contributed by atoms with Gasteiger partial charge >= 0.3 is 0 Å². The fourth-order valence-corrected chi connectivity index (χ4v) is 4.50. The Morgan fingerprint density at radius 1 is 1.14 bits per heavy atom. The lowest BCUT2D eigenvalue weighted by Crippen LogP contribution is -2.43. The van der Waals surface area contributed by atoms with Crippen LogP contribution in [0.3, 0.4) is 0 Å². The largest absolute Gasteiger partial charge is 0.356 e. The van der Waals surface area contributed by atoms with Gasteiger partial charge in [0.1, 0.15) is 5.82 Å². The molecule has 5 nitrogen and oxygen atoms in total. The molecule has 2 aliphatic rings. The van der Waals surface area contributed by atoms with Crippen LogP contribution in [0.4, 0.5) is 4.39 Å². The molecule has 1 spiro atoms. The zero-order valence-corrected chi connectivity index (χ0v) is 12.3. The molecule has 2 saturated heterocycles. The van der Waals surface area contributed by atoms with Gasteiger partial charge in [-0.15, -0.1) is 0 Å². The Bertz CT molecular complexity index is 649. The molecule has 7 heteroatoms. The fraction of sp³-hybridized carbons (Fsp3) is 0.500. The van der Waals surface area contributed by atoms with E-state index in [0.29, 0.717) is 38.9 Å². The highest BCUT2D eigenvalue weighted by Gasteiger charge is 2.43. The van der Waals surface area contributed by atoms with Gasteiger partial charge in [0.15, 0.2) is 0 Å². The summed E-state index contributed by atoms with van der Waals surface area (Å²) in [6, 6.07) is 4.88. The SMILES string of the molecule is O=C1CC2(CCN(S(=O)(=O)c3ccc(F)cc3)CC2)CN1. The molecule has 1 aromatic rings. The topological polar surface area (TPSA) is 66.5 Å². The first-order valence-corrected chi connectivity index (χ1v) is 8.38. The lowest BCUT2D eigenvalue weighted by molar-refractivity contribution is -0.119. The van der Waals surface area contributed by atoms with E-state index in [2.05, 4.69) is 5.32 Å². The fourth-order valence-electron chi connectivity index (χ4n) is 3.06. The third-order valence-corrected chi connectivity index (χ3v) is 6.34. The van der Waals surface area contributed by atoms with E-state index in [1.807, 2.05) is 0 Å². The molecule has 2 aliphatic heterocycles. The second kappa shape index (κ2) is 5.06. The molecule has 1 aromatic carbocycles. The first kappa shape index (κ1) is 14.5. The van der Waals surface area contributed by atoms with Crippen LogP contribution in [-0.4, -0.2) is 38.3 Å². The van der Waals surface area contributed by atoms with Crippen molar-refractivity contribution in [2.24, 2.45) is 5.41 Å². The minimum Gasteiger partial charge on any atom is -0.356 e. The van der Waals surface area contributed by atoms with E-state index in [-0.39, 0.29) is 16.2 Å². The number of carbonyl (C=O) groups is 1. The monoisotopic (exact) mass is 312 g/mol. The van der Waals surface area contributed by atoms with Crippen LogP contribution in [0.2, 0.25) is 0 Å². The van der Waals surface area contributed by atoms with Crippen molar-refractivity contribution in [1.82, 2.24) is 9.62 Å². The minimum atomic E-state index is -3.58. The van der Waals surface area contributed by atoms with Gasteiger partial charge in [-0.3, -0.25) is 4.79 Å². The predicted octanol–water partition coefficient (Wildman–Crippen LogP) is 1.12. The third-order valence-electron chi connectivity index (χ3n) is 4.43. The van der Waals surface area contributed by atoms with Gasteiger partial charge in [0.05, 0.1) is 4.90 Å². The Kier molecular flexibility index (Phi) is 3.49. The van der Waals surface area contributed by atoms with E-state index < -0.39 is 15.8 Å². The Balaban J connectivity index is 1.74. The summed E-state index contributed by atoms with van der Waals surface area (Å²) in [5.74, 6) is -0.410. The number of sulfonamides is 1. The molecule has 21 heavy (non-hydrogen) atoms. The summed E-state index contributed by atoms with van der Waals surface area (Å²) in [6.45, 7) is 1.43. The van der Waals surface area contributed by atoms with E-state index in [1.54, 1.807) is 0 Å². The summed E-state index contributed by atoms with van der Waals surface area (Å²) < 4.78 is 39.3. The molecule has 1 N–H and O–H groups in total. The smallest absolute Gasteiger partial charge is 0.243 e. The van der Waals surface area contributed by atoms with Gasteiger partial charge in [0, 0.05) is 26.1 Å². The number of benzene rings is 1. The van der Waals surface area contributed by atoms with Crippen LogP contribution in [0.5, 0.6) is 0 Å². The second-order valence-corrected chi connectivity index (χ2v) is 7.75. The molecular weight excluding hydrogens is 295 g/mol. The van der Waals surface area contributed by atoms with Gasteiger partial charge in [-0.05, 0) is 42.5 Å². The molecule has 0 aromatic heterocycles. The summed E-state index contributed by atoms with van der Waals surface area (Å²) >= 11 is 0. The Morgan fingerprint density at radius 3 is 2.29 bits per heavy atom. The average Bonchev–Trinajstić information content (AvgIpc) is 2.81. The highest BCUT2D eigenvalue weighted by molar-refractivity contribution is 7.89. The van der Waals surface area contributed by atoms with Crippen LogP contribution in [0.15, 0.2) is 29.2 Å². The Hall–Kier alpha value is -1.47. The second-order valence-electron chi connectivity index (χ2n) is 5.81. The molecule has 0 bridgehead atoms. The van der Waals surface area contributed by atoms with Crippen LogP contribution in [0.1, 0.15) is 19.3 Å². The van der Waals surface area contributed by atoms with Crippen LogP contribution in [-0.2, 0) is 14.8 Å². The molecule has 2 fully saturated rings. The van der Waals surface area contributed by atoms with Crippen LogP contribution in [0, 0.1) is 11.2 Å². The molecular formula is C14H17FN2O3S. The van der Waals surface area contributed by atoms with Crippen molar-refractivity contribution in [2.75, 3.05) is 19.6 Å². The minimum absolute atomic E-state index is 0.0461. The summed E-state index contributed by atoms with van der Waals surface area (Å²) in [7, 11) is -3.58. The van der Waals surface area contributed by atoms with E-state index in [9.17, 15) is 17.6 Å². The Morgan fingerprint density at radius 2 is 1.76 bits per heavy atom. The number of hydrogen-bond acceptors (Lipinski definition) is 3. The molecule has 1 amide bonds. The predicted molar refractivity (Wildman–Crippen MR) is 74.5 cm³/mol.